The van der Waals surface area contributed by atoms with Gasteiger partial charge < -0.3 is 10.6 Å². The fourth-order valence-electron chi connectivity index (χ4n) is 2.92. The van der Waals surface area contributed by atoms with Crippen molar-refractivity contribution in [1.29, 1.82) is 0 Å². The van der Waals surface area contributed by atoms with Crippen LogP contribution in [0.15, 0.2) is 78.9 Å². The Morgan fingerprint density at radius 1 is 0.667 bits per heavy atom. The van der Waals surface area contributed by atoms with E-state index in [1.165, 1.54) is 12.1 Å². The molecule has 7 heteroatoms. The molecular formula is C23H19F3N2O2. The van der Waals surface area contributed by atoms with Crippen LogP contribution in [0.2, 0.25) is 0 Å². The van der Waals surface area contributed by atoms with Crippen LogP contribution in [-0.2, 0) is 6.18 Å². The van der Waals surface area contributed by atoms with Gasteiger partial charge in [0.05, 0.1) is 11.1 Å². The molecule has 0 aliphatic rings. The Labute approximate surface area is 171 Å². The van der Waals surface area contributed by atoms with Crippen LogP contribution in [0.5, 0.6) is 0 Å². The van der Waals surface area contributed by atoms with Crippen LogP contribution in [0.3, 0.4) is 0 Å². The van der Waals surface area contributed by atoms with Crippen LogP contribution in [0, 0.1) is 0 Å². The van der Waals surface area contributed by atoms with Crippen LogP contribution >= 0.6 is 0 Å². The van der Waals surface area contributed by atoms with Gasteiger partial charge in [-0.15, -0.1) is 0 Å². The first kappa shape index (κ1) is 21.1. The van der Waals surface area contributed by atoms with Gasteiger partial charge >= 0.3 is 6.18 Å². The molecule has 0 aliphatic heterocycles. The maximum absolute atomic E-state index is 13.0. The molecule has 0 fully saturated rings. The van der Waals surface area contributed by atoms with E-state index in [1.54, 1.807) is 12.1 Å². The summed E-state index contributed by atoms with van der Waals surface area (Å²) in [6.07, 6.45) is -4.62. The van der Waals surface area contributed by atoms with Crippen molar-refractivity contribution < 1.29 is 22.8 Å². The van der Waals surface area contributed by atoms with Gasteiger partial charge in [-0.05, 0) is 35.4 Å². The van der Waals surface area contributed by atoms with Crippen LogP contribution in [-0.4, -0.2) is 24.9 Å². The fraction of sp³-hybridized carbons (Fsp3) is 0.130. The molecule has 0 bridgehead atoms. The number of rotatable bonds is 6. The summed E-state index contributed by atoms with van der Waals surface area (Å²) in [4.78, 5) is 24.3. The molecule has 154 valence electrons. The van der Waals surface area contributed by atoms with Crippen LogP contribution in [0.4, 0.5) is 13.2 Å². The maximum atomic E-state index is 13.0. The van der Waals surface area contributed by atoms with Crippen molar-refractivity contribution in [3.8, 4) is 11.1 Å². The van der Waals surface area contributed by atoms with E-state index in [0.29, 0.717) is 5.56 Å². The SMILES string of the molecule is O=C(NCCNC(=O)c1ccccc1C(F)(F)F)c1ccc(-c2ccccc2)cc1. The Balaban J connectivity index is 1.51. The van der Waals surface area contributed by atoms with Crippen molar-refractivity contribution in [3.05, 3.63) is 95.6 Å². The second-order valence-electron chi connectivity index (χ2n) is 6.50. The zero-order chi connectivity index (χ0) is 21.6. The molecule has 0 aromatic heterocycles. The van der Waals surface area contributed by atoms with Gasteiger partial charge in [0, 0.05) is 18.7 Å². The molecule has 0 spiro atoms. The van der Waals surface area contributed by atoms with E-state index in [9.17, 15) is 22.8 Å². The zero-order valence-corrected chi connectivity index (χ0v) is 15.9. The molecule has 0 unspecified atom stereocenters. The van der Waals surface area contributed by atoms with E-state index in [4.69, 9.17) is 0 Å². The second kappa shape index (κ2) is 9.26. The third kappa shape index (κ3) is 5.26. The number of hydrogen-bond acceptors (Lipinski definition) is 2. The summed E-state index contributed by atoms with van der Waals surface area (Å²) in [6.45, 7) is 0.0814. The highest BCUT2D eigenvalue weighted by molar-refractivity contribution is 5.96. The number of alkyl halides is 3. The quantitative estimate of drug-likeness (QED) is 0.585. The summed E-state index contributed by atoms with van der Waals surface area (Å²) in [6, 6.07) is 21.3. The van der Waals surface area contributed by atoms with Gasteiger partial charge in [0.25, 0.3) is 11.8 Å². The number of hydrogen-bond donors (Lipinski definition) is 2. The lowest BCUT2D eigenvalue weighted by molar-refractivity contribution is -0.137. The lowest BCUT2D eigenvalue weighted by atomic mass is 10.0. The molecule has 3 rings (SSSR count). The van der Waals surface area contributed by atoms with Crippen LogP contribution in [0.25, 0.3) is 11.1 Å². The maximum Gasteiger partial charge on any atom is 0.417 e. The molecule has 30 heavy (non-hydrogen) atoms. The standard InChI is InChI=1S/C23H19F3N2O2/c24-23(25,26)20-9-5-4-8-19(20)22(30)28-15-14-27-21(29)18-12-10-17(11-13-18)16-6-2-1-3-7-16/h1-13H,14-15H2,(H,27,29)(H,28,30). The number of nitrogens with one attached hydrogen (secondary N) is 2. The number of halogens is 3. The van der Waals surface area contributed by atoms with Crippen molar-refractivity contribution in [1.82, 2.24) is 10.6 Å². The van der Waals surface area contributed by atoms with Crippen LogP contribution < -0.4 is 10.6 Å². The van der Waals surface area contributed by atoms with Crippen molar-refractivity contribution in [2.24, 2.45) is 0 Å². The van der Waals surface area contributed by atoms with E-state index in [2.05, 4.69) is 10.6 Å². The van der Waals surface area contributed by atoms with Gasteiger partial charge in [0.2, 0.25) is 0 Å². The predicted molar refractivity (Wildman–Crippen MR) is 108 cm³/mol. The minimum absolute atomic E-state index is 0.00113. The smallest absolute Gasteiger partial charge is 0.350 e. The molecule has 0 saturated carbocycles. The average Bonchev–Trinajstić information content (AvgIpc) is 2.76. The minimum atomic E-state index is -4.62. The monoisotopic (exact) mass is 412 g/mol. The summed E-state index contributed by atoms with van der Waals surface area (Å²) in [5, 5.41) is 5.03. The Morgan fingerprint density at radius 3 is 1.83 bits per heavy atom. The topological polar surface area (TPSA) is 58.2 Å². The summed E-state index contributed by atoms with van der Waals surface area (Å²) in [5.41, 5.74) is 1.01. The lowest BCUT2D eigenvalue weighted by Crippen LogP contribution is -2.35. The van der Waals surface area contributed by atoms with Gasteiger partial charge in [-0.1, -0.05) is 54.6 Å². The number of benzene rings is 3. The Kier molecular flexibility index (Phi) is 6.51. The van der Waals surface area contributed by atoms with E-state index >= 15 is 0 Å². The largest absolute Gasteiger partial charge is 0.417 e. The first-order valence-electron chi connectivity index (χ1n) is 9.24. The third-order valence-corrected chi connectivity index (χ3v) is 4.43. The van der Waals surface area contributed by atoms with Crippen molar-refractivity contribution in [2.75, 3.05) is 13.1 Å². The molecule has 2 amide bonds. The molecule has 3 aromatic rings. The molecule has 0 aliphatic carbocycles. The van der Waals surface area contributed by atoms with Crippen LogP contribution in [0.1, 0.15) is 26.3 Å². The first-order chi connectivity index (χ1) is 14.4. The van der Waals surface area contributed by atoms with Gasteiger partial charge in [-0.3, -0.25) is 9.59 Å². The number of carbonyl (C=O) groups excluding carboxylic acids is 2. The summed E-state index contributed by atoms with van der Waals surface area (Å²) in [7, 11) is 0. The highest BCUT2D eigenvalue weighted by Crippen LogP contribution is 2.31. The van der Waals surface area contributed by atoms with Crippen molar-refractivity contribution in [3.63, 3.8) is 0 Å². The van der Waals surface area contributed by atoms with Gasteiger partial charge in [0.15, 0.2) is 0 Å². The summed E-state index contributed by atoms with van der Waals surface area (Å²) < 4.78 is 39.0. The van der Waals surface area contributed by atoms with E-state index in [-0.39, 0.29) is 19.0 Å². The second-order valence-corrected chi connectivity index (χ2v) is 6.50. The van der Waals surface area contributed by atoms with Gasteiger partial charge in [0.1, 0.15) is 0 Å². The Bertz CT molecular complexity index is 1020. The van der Waals surface area contributed by atoms with Gasteiger partial charge in [-0.25, -0.2) is 0 Å². The molecule has 0 heterocycles. The average molecular weight is 412 g/mol. The Hall–Kier alpha value is -3.61. The molecular weight excluding hydrogens is 393 g/mol. The normalized spacial score (nSPS) is 11.0. The van der Waals surface area contributed by atoms with Crippen molar-refractivity contribution in [2.45, 2.75) is 6.18 Å². The first-order valence-corrected chi connectivity index (χ1v) is 9.24. The highest BCUT2D eigenvalue weighted by Gasteiger charge is 2.34. The number of amides is 2. The third-order valence-electron chi connectivity index (χ3n) is 4.43. The van der Waals surface area contributed by atoms with Crippen molar-refractivity contribution >= 4 is 11.8 Å². The van der Waals surface area contributed by atoms with Gasteiger partial charge in [-0.2, -0.15) is 13.2 Å². The molecule has 0 atom stereocenters. The Morgan fingerprint density at radius 2 is 1.20 bits per heavy atom. The molecule has 2 N–H and O–H groups in total. The summed E-state index contributed by atoms with van der Waals surface area (Å²) >= 11 is 0. The van der Waals surface area contributed by atoms with E-state index < -0.39 is 23.2 Å². The minimum Gasteiger partial charge on any atom is -0.350 e. The fourth-order valence-corrected chi connectivity index (χ4v) is 2.92. The van der Waals surface area contributed by atoms with E-state index in [1.807, 2.05) is 42.5 Å². The summed E-state index contributed by atoms with van der Waals surface area (Å²) in [5.74, 6) is -1.18. The zero-order valence-electron chi connectivity index (χ0n) is 15.9. The number of carbonyl (C=O) groups is 2. The lowest BCUT2D eigenvalue weighted by Gasteiger charge is -2.13. The molecule has 4 nitrogen and oxygen atoms in total. The highest BCUT2D eigenvalue weighted by atomic mass is 19.4. The van der Waals surface area contributed by atoms with E-state index in [0.717, 1.165) is 23.3 Å². The molecule has 3 aromatic carbocycles. The predicted octanol–water partition coefficient (Wildman–Crippen LogP) is 4.53. The molecule has 0 saturated heterocycles. The molecule has 0 radical (unpaired) electrons.